The smallest absolute Gasteiger partial charge is 0.312 e. The first-order chi connectivity index (χ1) is 11.5. The van der Waals surface area contributed by atoms with E-state index >= 15 is 0 Å². The normalized spacial score (nSPS) is 16.0. The number of piperazine rings is 1. The summed E-state index contributed by atoms with van der Waals surface area (Å²) in [4.78, 5) is 38.6. The van der Waals surface area contributed by atoms with E-state index in [1.807, 2.05) is 6.07 Å². The Kier molecular flexibility index (Phi) is 4.54. The van der Waals surface area contributed by atoms with Gasteiger partial charge in [-0.05, 0) is 17.7 Å². The van der Waals surface area contributed by atoms with Gasteiger partial charge in [0.2, 0.25) is 12.7 Å². The molecule has 0 radical (unpaired) electrons. The highest BCUT2D eigenvalue weighted by molar-refractivity contribution is 6.35. The Balaban J connectivity index is 1.50. The maximum atomic E-state index is 12.1. The molecule has 24 heavy (non-hydrogen) atoms. The molecule has 3 rings (SSSR count). The Morgan fingerprint density at radius 1 is 1.04 bits per heavy atom. The van der Waals surface area contributed by atoms with Crippen LogP contribution in [0.4, 0.5) is 0 Å². The van der Waals surface area contributed by atoms with Crippen LogP contribution in [0.25, 0.3) is 0 Å². The number of carbonyl (C=O) groups excluding carboxylic acids is 3. The van der Waals surface area contributed by atoms with E-state index in [-0.39, 0.29) is 19.2 Å². The summed E-state index contributed by atoms with van der Waals surface area (Å²) in [6.45, 7) is 3.57. The van der Waals surface area contributed by atoms with Gasteiger partial charge in [0.25, 0.3) is 0 Å². The van der Waals surface area contributed by atoms with Crippen LogP contribution in [-0.4, -0.2) is 60.5 Å². The number of ether oxygens (including phenoxy) is 2. The summed E-state index contributed by atoms with van der Waals surface area (Å²) in [6, 6.07) is 5.36. The molecule has 1 N–H and O–H groups in total. The van der Waals surface area contributed by atoms with Crippen molar-refractivity contribution in [3.63, 3.8) is 0 Å². The van der Waals surface area contributed by atoms with E-state index < -0.39 is 11.8 Å². The monoisotopic (exact) mass is 333 g/mol. The fourth-order valence-corrected chi connectivity index (χ4v) is 2.68. The Labute approximate surface area is 139 Å². The molecule has 1 saturated heterocycles. The summed E-state index contributed by atoms with van der Waals surface area (Å²) >= 11 is 0. The second-order valence-corrected chi connectivity index (χ2v) is 5.67. The highest BCUT2D eigenvalue weighted by Gasteiger charge is 2.26. The predicted molar refractivity (Wildman–Crippen MR) is 83.2 cm³/mol. The Hall–Kier alpha value is -2.77. The molecule has 0 saturated carbocycles. The lowest BCUT2D eigenvalue weighted by molar-refractivity contribution is -0.148. The van der Waals surface area contributed by atoms with Crippen molar-refractivity contribution in [1.29, 1.82) is 0 Å². The van der Waals surface area contributed by atoms with Crippen LogP contribution in [0.5, 0.6) is 11.5 Å². The number of fused-ring (bicyclic) bond motifs is 1. The maximum absolute atomic E-state index is 12.1. The molecule has 0 unspecified atom stereocenters. The number of nitrogens with one attached hydrogen (secondary N) is 1. The molecule has 0 spiro atoms. The van der Waals surface area contributed by atoms with Gasteiger partial charge in [-0.1, -0.05) is 6.07 Å². The molecule has 1 fully saturated rings. The highest BCUT2D eigenvalue weighted by Crippen LogP contribution is 2.32. The zero-order valence-electron chi connectivity index (χ0n) is 13.4. The number of nitrogens with zero attached hydrogens (tertiary/aromatic N) is 2. The molecule has 0 bridgehead atoms. The fraction of sp³-hybridized carbons (Fsp3) is 0.438. The van der Waals surface area contributed by atoms with Gasteiger partial charge in [-0.3, -0.25) is 14.4 Å². The van der Waals surface area contributed by atoms with Crippen molar-refractivity contribution >= 4 is 17.7 Å². The number of hydrogen-bond donors (Lipinski definition) is 1. The summed E-state index contributed by atoms with van der Waals surface area (Å²) in [6.07, 6.45) is 0. The van der Waals surface area contributed by atoms with E-state index in [0.29, 0.717) is 37.7 Å². The second kappa shape index (κ2) is 6.77. The molecule has 1 aromatic carbocycles. The predicted octanol–water partition coefficient (Wildman–Crippen LogP) is -0.278. The average molecular weight is 333 g/mol. The van der Waals surface area contributed by atoms with Crippen molar-refractivity contribution in [2.24, 2.45) is 0 Å². The van der Waals surface area contributed by atoms with Gasteiger partial charge >= 0.3 is 11.8 Å². The first kappa shape index (κ1) is 16.1. The standard InChI is InChI=1S/C16H19N3O5/c1-11(20)18-4-6-19(7-5-18)16(22)15(21)17-9-12-2-3-13-14(8-12)24-10-23-13/h2-3,8H,4-7,9-10H2,1H3,(H,17,21). The van der Waals surface area contributed by atoms with Gasteiger partial charge in [-0.15, -0.1) is 0 Å². The van der Waals surface area contributed by atoms with Crippen LogP contribution < -0.4 is 14.8 Å². The fourth-order valence-electron chi connectivity index (χ4n) is 2.68. The Morgan fingerprint density at radius 2 is 1.71 bits per heavy atom. The van der Waals surface area contributed by atoms with Crippen molar-refractivity contribution in [3.05, 3.63) is 23.8 Å². The minimum atomic E-state index is -0.649. The third kappa shape index (κ3) is 3.42. The largest absolute Gasteiger partial charge is 0.454 e. The lowest BCUT2D eigenvalue weighted by atomic mass is 10.2. The topological polar surface area (TPSA) is 88.2 Å². The highest BCUT2D eigenvalue weighted by atomic mass is 16.7. The summed E-state index contributed by atoms with van der Waals surface area (Å²) in [5.41, 5.74) is 0.821. The second-order valence-electron chi connectivity index (χ2n) is 5.67. The Morgan fingerprint density at radius 3 is 2.42 bits per heavy atom. The summed E-state index contributed by atoms with van der Waals surface area (Å²) in [5, 5.41) is 2.61. The van der Waals surface area contributed by atoms with Gasteiger partial charge in [0, 0.05) is 39.6 Å². The molecule has 0 atom stereocenters. The number of benzene rings is 1. The van der Waals surface area contributed by atoms with Crippen molar-refractivity contribution in [2.45, 2.75) is 13.5 Å². The van der Waals surface area contributed by atoms with Crippen molar-refractivity contribution in [3.8, 4) is 11.5 Å². The molecule has 128 valence electrons. The summed E-state index contributed by atoms with van der Waals surface area (Å²) in [7, 11) is 0. The third-order valence-corrected chi connectivity index (χ3v) is 4.10. The SMILES string of the molecule is CC(=O)N1CCN(C(=O)C(=O)NCc2ccc3c(c2)OCO3)CC1. The van der Waals surface area contributed by atoms with Gasteiger partial charge in [-0.25, -0.2) is 0 Å². The Bertz CT molecular complexity index is 668. The van der Waals surface area contributed by atoms with Crippen molar-refractivity contribution in [1.82, 2.24) is 15.1 Å². The van der Waals surface area contributed by atoms with Crippen LogP contribution in [0.1, 0.15) is 12.5 Å². The first-order valence-electron chi connectivity index (χ1n) is 7.76. The molecule has 2 heterocycles. The zero-order chi connectivity index (χ0) is 17.1. The molecule has 2 aliphatic rings. The van der Waals surface area contributed by atoms with E-state index in [1.54, 1.807) is 17.0 Å². The molecule has 8 heteroatoms. The minimum Gasteiger partial charge on any atom is -0.454 e. The van der Waals surface area contributed by atoms with E-state index in [4.69, 9.17) is 9.47 Å². The van der Waals surface area contributed by atoms with Crippen LogP contribution in [0, 0.1) is 0 Å². The van der Waals surface area contributed by atoms with Gasteiger partial charge in [0.15, 0.2) is 11.5 Å². The summed E-state index contributed by atoms with van der Waals surface area (Å²) in [5.74, 6) is 0.0650. The van der Waals surface area contributed by atoms with E-state index in [1.165, 1.54) is 11.8 Å². The van der Waals surface area contributed by atoms with E-state index in [9.17, 15) is 14.4 Å². The van der Waals surface area contributed by atoms with E-state index in [2.05, 4.69) is 5.32 Å². The van der Waals surface area contributed by atoms with Crippen LogP contribution >= 0.6 is 0 Å². The van der Waals surface area contributed by atoms with Crippen LogP contribution in [0.2, 0.25) is 0 Å². The molecular formula is C16H19N3O5. The minimum absolute atomic E-state index is 0.0191. The van der Waals surface area contributed by atoms with Gasteiger partial charge < -0.3 is 24.6 Å². The third-order valence-electron chi connectivity index (χ3n) is 4.10. The average Bonchev–Trinajstić information content (AvgIpc) is 3.06. The number of hydrogen-bond acceptors (Lipinski definition) is 5. The zero-order valence-corrected chi connectivity index (χ0v) is 13.4. The maximum Gasteiger partial charge on any atom is 0.312 e. The van der Waals surface area contributed by atoms with Crippen LogP contribution in [-0.2, 0) is 20.9 Å². The lowest BCUT2D eigenvalue weighted by Gasteiger charge is -2.33. The molecule has 0 aliphatic carbocycles. The number of carbonyl (C=O) groups is 3. The molecule has 1 aromatic rings. The van der Waals surface area contributed by atoms with Crippen LogP contribution in [0.15, 0.2) is 18.2 Å². The van der Waals surface area contributed by atoms with Crippen molar-refractivity contribution in [2.75, 3.05) is 33.0 Å². The van der Waals surface area contributed by atoms with Crippen molar-refractivity contribution < 1.29 is 23.9 Å². The molecule has 3 amide bonds. The summed E-state index contributed by atoms with van der Waals surface area (Å²) < 4.78 is 10.5. The molecule has 0 aromatic heterocycles. The molecular weight excluding hydrogens is 314 g/mol. The lowest BCUT2D eigenvalue weighted by Crippen LogP contribution is -2.53. The van der Waals surface area contributed by atoms with Crippen LogP contribution in [0.3, 0.4) is 0 Å². The molecule has 2 aliphatic heterocycles. The van der Waals surface area contributed by atoms with E-state index in [0.717, 1.165) is 5.56 Å². The molecule has 8 nitrogen and oxygen atoms in total. The van der Waals surface area contributed by atoms with Gasteiger partial charge in [0.05, 0.1) is 0 Å². The van der Waals surface area contributed by atoms with Gasteiger partial charge in [-0.2, -0.15) is 0 Å². The first-order valence-corrected chi connectivity index (χ1v) is 7.76. The number of amides is 3. The number of rotatable bonds is 2. The van der Waals surface area contributed by atoms with Gasteiger partial charge in [0.1, 0.15) is 0 Å². The quantitative estimate of drug-likeness (QED) is 0.752.